The topological polar surface area (TPSA) is 109 Å². The van der Waals surface area contributed by atoms with E-state index in [9.17, 15) is 13.2 Å². The zero-order valence-corrected chi connectivity index (χ0v) is 20.7. The summed E-state index contributed by atoms with van der Waals surface area (Å²) < 4.78 is 50.0. The van der Waals surface area contributed by atoms with E-state index in [1.807, 2.05) is 50.0 Å². The predicted molar refractivity (Wildman–Crippen MR) is 131 cm³/mol. The fourth-order valence-electron chi connectivity index (χ4n) is 3.88. The number of aryl methyl sites for hydroxylation is 3. The number of anilines is 1. The Balaban J connectivity index is 1.27. The first-order valence-electron chi connectivity index (χ1n) is 11.6. The van der Waals surface area contributed by atoms with E-state index in [4.69, 9.17) is 4.52 Å². The molecule has 1 N–H and O–H groups in total. The zero-order chi connectivity index (χ0) is 26.9. The maximum Gasteiger partial charge on any atom is 0.573 e. The van der Waals surface area contributed by atoms with Crippen molar-refractivity contribution in [3.8, 4) is 28.7 Å². The van der Waals surface area contributed by atoms with E-state index in [-0.39, 0.29) is 17.5 Å². The van der Waals surface area contributed by atoms with Crippen molar-refractivity contribution in [2.75, 3.05) is 5.32 Å². The molecule has 5 aromatic rings. The summed E-state index contributed by atoms with van der Waals surface area (Å²) in [6, 6.07) is 10.9. The molecule has 4 aromatic heterocycles. The van der Waals surface area contributed by atoms with Crippen LogP contribution in [0.5, 0.6) is 5.75 Å². The Labute approximate surface area is 215 Å². The Bertz CT molecular complexity index is 1550. The van der Waals surface area contributed by atoms with Gasteiger partial charge in [0.05, 0.1) is 12.2 Å². The number of halogens is 3. The molecular formula is C25H23F3N8O2. The molecule has 0 amide bonds. The minimum atomic E-state index is -4.76. The van der Waals surface area contributed by atoms with Crippen LogP contribution in [0.2, 0.25) is 0 Å². The average Bonchev–Trinajstić information content (AvgIpc) is 3.56. The Morgan fingerprint density at radius 2 is 1.84 bits per heavy atom. The number of rotatable bonds is 8. The number of nitrogens with zero attached hydrogens (tertiary/aromatic N) is 7. The van der Waals surface area contributed by atoms with Gasteiger partial charge in [0.25, 0.3) is 5.89 Å². The number of hydrogen-bond donors (Lipinski definition) is 1. The molecule has 0 spiro atoms. The summed E-state index contributed by atoms with van der Waals surface area (Å²) in [6.07, 6.45) is -1.05. The number of ether oxygens (including phenoxy) is 1. The van der Waals surface area contributed by atoms with Gasteiger partial charge in [-0.15, -0.1) is 13.2 Å². The van der Waals surface area contributed by atoms with E-state index in [0.29, 0.717) is 24.3 Å². The zero-order valence-electron chi connectivity index (χ0n) is 20.7. The van der Waals surface area contributed by atoms with Crippen molar-refractivity contribution in [1.82, 2.24) is 34.7 Å². The van der Waals surface area contributed by atoms with Crippen LogP contribution in [0.1, 0.15) is 22.5 Å². The number of nitrogens with one attached hydrogen (secondary N) is 1. The molecule has 0 aliphatic carbocycles. The molecule has 0 unspecified atom stereocenters. The quantitative estimate of drug-likeness (QED) is 0.305. The highest BCUT2D eigenvalue weighted by Crippen LogP contribution is 2.27. The van der Waals surface area contributed by atoms with E-state index in [2.05, 4.69) is 35.4 Å². The van der Waals surface area contributed by atoms with Crippen LogP contribution >= 0.6 is 0 Å². The SMILES string of the molecule is Cc1nn(C)cc1CNc1cc(Cn2nc(-c3nc(-c4ccc(OC(F)(F)F)cc4)no3)cc2C)ccn1. The van der Waals surface area contributed by atoms with Crippen LogP contribution in [0, 0.1) is 13.8 Å². The van der Waals surface area contributed by atoms with Gasteiger partial charge in [0.15, 0.2) is 5.69 Å². The highest BCUT2D eigenvalue weighted by Gasteiger charge is 2.31. The number of aromatic nitrogens is 7. The first-order chi connectivity index (χ1) is 18.1. The third-order valence-corrected chi connectivity index (χ3v) is 5.70. The van der Waals surface area contributed by atoms with Gasteiger partial charge in [-0.25, -0.2) is 4.98 Å². The molecular weight excluding hydrogens is 501 g/mol. The lowest BCUT2D eigenvalue weighted by molar-refractivity contribution is -0.274. The second-order valence-electron chi connectivity index (χ2n) is 8.64. The summed E-state index contributed by atoms with van der Waals surface area (Å²) in [5.41, 5.74) is 4.90. The van der Waals surface area contributed by atoms with E-state index in [1.54, 1.807) is 10.9 Å². The normalized spacial score (nSPS) is 11.6. The molecule has 0 aliphatic heterocycles. The van der Waals surface area contributed by atoms with Crippen LogP contribution in [0.15, 0.2) is 59.4 Å². The molecule has 0 radical (unpaired) electrons. The summed E-state index contributed by atoms with van der Waals surface area (Å²) >= 11 is 0. The standard InChI is InChI=1S/C25H23F3N8O2/c1-15-10-21(24-31-23(34-38-24)18-4-6-20(7-5-18)37-25(26,27)28)33-36(15)13-17-8-9-29-22(11-17)30-12-19-14-35(3)32-16(19)2/h4-11,14H,12-13H2,1-3H3,(H,29,30). The smallest absolute Gasteiger partial charge is 0.406 e. The highest BCUT2D eigenvalue weighted by atomic mass is 19.4. The van der Waals surface area contributed by atoms with E-state index < -0.39 is 6.36 Å². The Morgan fingerprint density at radius 1 is 1.05 bits per heavy atom. The van der Waals surface area contributed by atoms with Crippen LogP contribution in [0.3, 0.4) is 0 Å². The van der Waals surface area contributed by atoms with Crippen molar-refractivity contribution < 1.29 is 22.4 Å². The van der Waals surface area contributed by atoms with Gasteiger partial charge < -0.3 is 14.6 Å². The van der Waals surface area contributed by atoms with Crippen molar-refractivity contribution in [3.63, 3.8) is 0 Å². The third-order valence-electron chi connectivity index (χ3n) is 5.70. The highest BCUT2D eigenvalue weighted by molar-refractivity contribution is 5.59. The van der Waals surface area contributed by atoms with Gasteiger partial charge >= 0.3 is 6.36 Å². The summed E-state index contributed by atoms with van der Waals surface area (Å²) in [5, 5.41) is 16.2. The van der Waals surface area contributed by atoms with Crippen molar-refractivity contribution in [2.24, 2.45) is 7.05 Å². The van der Waals surface area contributed by atoms with Gasteiger partial charge in [-0.1, -0.05) is 5.16 Å². The largest absolute Gasteiger partial charge is 0.573 e. The number of pyridine rings is 1. The monoisotopic (exact) mass is 524 g/mol. The lowest BCUT2D eigenvalue weighted by Gasteiger charge is -2.08. The van der Waals surface area contributed by atoms with E-state index >= 15 is 0 Å². The van der Waals surface area contributed by atoms with Gasteiger partial charge in [0, 0.05) is 42.8 Å². The number of hydrogen-bond acceptors (Lipinski definition) is 8. The molecule has 0 fully saturated rings. The molecule has 4 heterocycles. The van der Waals surface area contributed by atoms with E-state index in [1.165, 1.54) is 24.3 Å². The summed E-state index contributed by atoms with van der Waals surface area (Å²) in [4.78, 5) is 8.75. The van der Waals surface area contributed by atoms with Crippen LogP contribution in [0.25, 0.3) is 23.0 Å². The maximum absolute atomic E-state index is 12.4. The van der Waals surface area contributed by atoms with Gasteiger partial charge in [-0.05, 0) is 61.9 Å². The van der Waals surface area contributed by atoms with Gasteiger partial charge in [-0.3, -0.25) is 9.36 Å². The molecule has 38 heavy (non-hydrogen) atoms. The van der Waals surface area contributed by atoms with Crippen molar-refractivity contribution in [3.05, 3.63) is 77.4 Å². The fraction of sp³-hybridized carbons (Fsp3) is 0.240. The number of benzene rings is 1. The molecule has 0 atom stereocenters. The fourth-order valence-corrected chi connectivity index (χ4v) is 3.88. The Morgan fingerprint density at radius 3 is 2.55 bits per heavy atom. The van der Waals surface area contributed by atoms with Crippen LogP contribution in [-0.2, 0) is 20.1 Å². The first-order valence-corrected chi connectivity index (χ1v) is 11.6. The van der Waals surface area contributed by atoms with Gasteiger partial charge in [0.2, 0.25) is 5.82 Å². The van der Waals surface area contributed by atoms with Gasteiger partial charge in [0.1, 0.15) is 11.6 Å². The molecule has 10 nitrogen and oxygen atoms in total. The molecule has 0 saturated carbocycles. The predicted octanol–water partition coefficient (Wildman–Crippen LogP) is 4.90. The molecule has 0 saturated heterocycles. The molecule has 196 valence electrons. The van der Waals surface area contributed by atoms with Crippen molar-refractivity contribution in [1.29, 1.82) is 0 Å². The van der Waals surface area contributed by atoms with Crippen LogP contribution < -0.4 is 10.1 Å². The lowest BCUT2D eigenvalue weighted by atomic mass is 10.2. The van der Waals surface area contributed by atoms with Crippen molar-refractivity contribution in [2.45, 2.75) is 33.3 Å². The van der Waals surface area contributed by atoms with E-state index in [0.717, 1.165) is 28.3 Å². The third kappa shape index (κ3) is 5.82. The molecule has 0 bridgehead atoms. The summed E-state index contributed by atoms with van der Waals surface area (Å²) in [7, 11) is 1.89. The maximum atomic E-state index is 12.4. The van der Waals surface area contributed by atoms with Crippen LogP contribution in [-0.4, -0.2) is 41.0 Å². The molecule has 13 heteroatoms. The first kappa shape index (κ1) is 25.0. The number of alkyl halides is 3. The minimum Gasteiger partial charge on any atom is -0.406 e. The Hall–Kier alpha value is -4.68. The Kier molecular flexibility index (Phi) is 6.57. The lowest BCUT2D eigenvalue weighted by Crippen LogP contribution is -2.16. The second-order valence-corrected chi connectivity index (χ2v) is 8.64. The average molecular weight is 525 g/mol. The summed E-state index contributed by atoms with van der Waals surface area (Å²) in [5.74, 6) is 0.825. The van der Waals surface area contributed by atoms with Gasteiger partial charge in [-0.2, -0.15) is 15.2 Å². The summed E-state index contributed by atoms with van der Waals surface area (Å²) in [6.45, 7) is 4.99. The molecule has 0 aliphatic rings. The van der Waals surface area contributed by atoms with Crippen LogP contribution in [0.4, 0.5) is 19.0 Å². The van der Waals surface area contributed by atoms with Crippen molar-refractivity contribution >= 4 is 5.82 Å². The molecule has 5 rings (SSSR count). The molecule has 1 aromatic carbocycles. The minimum absolute atomic E-state index is 0.196. The second kappa shape index (κ2) is 10.00.